The summed E-state index contributed by atoms with van der Waals surface area (Å²) in [5, 5.41) is 13.2. The second-order valence-electron chi connectivity index (χ2n) is 4.24. The van der Waals surface area contributed by atoms with Gasteiger partial charge in [0.05, 0.1) is 21.9 Å². The summed E-state index contributed by atoms with van der Waals surface area (Å²) in [5.41, 5.74) is -1.17. The Morgan fingerprint density at radius 3 is 2.23 bits per heavy atom. The summed E-state index contributed by atoms with van der Waals surface area (Å²) in [4.78, 5) is 10.0. The molecule has 9 heteroatoms. The lowest BCUT2D eigenvalue weighted by molar-refractivity contribution is -0.384. The zero-order valence-corrected chi connectivity index (χ0v) is 12.2. The van der Waals surface area contributed by atoms with Gasteiger partial charge in [-0.15, -0.1) is 0 Å². The highest BCUT2D eigenvalue weighted by molar-refractivity contribution is 9.10. The van der Waals surface area contributed by atoms with E-state index in [0.29, 0.717) is 6.07 Å². The van der Waals surface area contributed by atoms with Gasteiger partial charge in [-0.05, 0) is 40.2 Å². The first-order chi connectivity index (χ1) is 10.2. The van der Waals surface area contributed by atoms with Crippen LogP contribution in [0.25, 0.3) is 0 Å². The van der Waals surface area contributed by atoms with Crippen LogP contribution in [0, 0.1) is 15.9 Å². The molecule has 0 atom stereocenters. The number of hydrogen-bond donors (Lipinski definition) is 1. The lowest BCUT2D eigenvalue weighted by atomic mass is 10.2. The largest absolute Gasteiger partial charge is 0.416 e. The van der Waals surface area contributed by atoms with E-state index in [4.69, 9.17) is 0 Å². The normalized spacial score (nSPS) is 11.3. The van der Waals surface area contributed by atoms with E-state index in [-0.39, 0.29) is 21.5 Å². The zero-order valence-electron chi connectivity index (χ0n) is 10.6. The van der Waals surface area contributed by atoms with Gasteiger partial charge in [0.1, 0.15) is 5.82 Å². The van der Waals surface area contributed by atoms with Crippen LogP contribution in [-0.4, -0.2) is 4.92 Å². The molecule has 0 aliphatic rings. The second-order valence-corrected chi connectivity index (χ2v) is 5.09. The molecule has 0 saturated carbocycles. The summed E-state index contributed by atoms with van der Waals surface area (Å²) in [7, 11) is 0. The van der Waals surface area contributed by atoms with Crippen molar-refractivity contribution in [3.05, 3.63) is 62.4 Å². The molecule has 0 aliphatic carbocycles. The predicted molar refractivity (Wildman–Crippen MR) is 75.5 cm³/mol. The Bertz CT molecular complexity index is 734. The molecule has 116 valence electrons. The molecule has 0 aliphatic heterocycles. The van der Waals surface area contributed by atoms with Gasteiger partial charge in [-0.3, -0.25) is 10.1 Å². The number of alkyl halides is 3. The lowest BCUT2D eigenvalue weighted by Crippen LogP contribution is -2.06. The zero-order chi connectivity index (χ0) is 16.5. The van der Waals surface area contributed by atoms with Crippen molar-refractivity contribution in [2.45, 2.75) is 6.18 Å². The number of nitro groups is 1. The third-order valence-corrected chi connectivity index (χ3v) is 3.39. The number of non-ortho nitro benzene ring substituents is 1. The van der Waals surface area contributed by atoms with Crippen LogP contribution in [0.5, 0.6) is 0 Å². The quantitative estimate of drug-likeness (QED) is 0.450. The topological polar surface area (TPSA) is 55.2 Å². The maximum absolute atomic E-state index is 13.7. The van der Waals surface area contributed by atoms with Crippen LogP contribution in [0.15, 0.2) is 40.9 Å². The highest BCUT2D eigenvalue weighted by Crippen LogP contribution is 2.34. The van der Waals surface area contributed by atoms with E-state index in [0.717, 1.165) is 12.1 Å². The molecule has 0 heterocycles. The van der Waals surface area contributed by atoms with E-state index in [1.54, 1.807) is 0 Å². The summed E-state index contributed by atoms with van der Waals surface area (Å²) in [6, 6.07) is 5.77. The van der Waals surface area contributed by atoms with Crippen LogP contribution >= 0.6 is 15.9 Å². The molecule has 22 heavy (non-hydrogen) atoms. The first kappa shape index (κ1) is 16.2. The van der Waals surface area contributed by atoms with Crippen molar-refractivity contribution in [3.8, 4) is 0 Å². The minimum absolute atomic E-state index is 0.176. The number of halogens is 5. The maximum atomic E-state index is 13.7. The second kappa shape index (κ2) is 5.91. The average molecular weight is 379 g/mol. The van der Waals surface area contributed by atoms with Crippen LogP contribution in [0.3, 0.4) is 0 Å². The number of hydrogen-bond acceptors (Lipinski definition) is 3. The van der Waals surface area contributed by atoms with E-state index in [1.165, 1.54) is 18.2 Å². The van der Waals surface area contributed by atoms with Gasteiger partial charge in [-0.2, -0.15) is 13.2 Å². The van der Waals surface area contributed by atoms with Crippen molar-refractivity contribution >= 4 is 33.0 Å². The maximum Gasteiger partial charge on any atom is 0.416 e. The fraction of sp³-hybridized carbons (Fsp3) is 0.0769. The van der Waals surface area contributed by atoms with E-state index >= 15 is 0 Å². The third kappa shape index (κ3) is 3.53. The Morgan fingerprint density at radius 2 is 1.73 bits per heavy atom. The van der Waals surface area contributed by atoms with Crippen molar-refractivity contribution in [2.75, 3.05) is 5.32 Å². The molecular formula is C13H7BrF4N2O2. The molecule has 0 fully saturated rings. The van der Waals surface area contributed by atoms with Crippen LogP contribution in [0.1, 0.15) is 5.56 Å². The number of nitrogens with one attached hydrogen (secondary N) is 1. The van der Waals surface area contributed by atoms with Crippen LogP contribution in [0.4, 0.5) is 34.6 Å². The lowest BCUT2D eigenvalue weighted by Gasteiger charge is -2.12. The Hall–Kier alpha value is -2.16. The summed E-state index contributed by atoms with van der Waals surface area (Å²) in [5.74, 6) is -1.08. The fourth-order valence-corrected chi connectivity index (χ4v) is 2.12. The Balaban J connectivity index is 2.30. The van der Waals surface area contributed by atoms with Gasteiger partial charge in [0.25, 0.3) is 5.69 Å². The summed E-state index contributed by atoms with van der Waals surface area (Å²) in [6.45, 7) is 0. The molecule has 2 rings (SSSR count). The SMILES string of the molecule is O=[N+]([O-])c1ccc(Nc2ccc(C(F)(F)F)cc2F)c(Br)c1. The molecule has 0 spiro atoms. The molecule has 4 nitrogen and oxygen atoms in total. The summed E-state index contributed by atoms with van der Waals surface area (Å²) in [6.07, 6.45) is -4.63. The van der Waals surface area contributed by atoms with Crippen molar-refractivity contribution in [1.29, 1.82) is 0 Å². The number of anilines is 2. The first-order valence-corrected chi connectivity index (χ1v) is 6.55. The monoisotopic (exact) mass is 378 g/mol. The Kier molecular flexibility index (Phi) is 4.36. The fourth-order valence-electron chi connectivity index (χ4n) is 1.66. The standard InChI is InChI=1S/C13H7BrF4N2O2/c14-9-6-8(20(21)22)2-4-11(9)19-12-3-1-7(5-10(12)15)13(16,17)18/h1-6,19H. The van der Waals surface area contributed by atoms with Crippen LogP contribution < -0.4 is 5.32 Å². The van der Waals surface area contributed by atoms with Crippen molar-refractivity contribution in [2.24, 2.45) is 0 Å². The minimum atomic E-state index is -4.63. The van der Waals surface area contributed by atoms with Gasteiger partial charge >= 0.3 is 6.18 Å². The van der Waals surface area contributed by atoms with Gasteiger partial charge in [0.2, 0.25) is 0 Å². The van der Waals surface area contributed by atoms with Crippen molar-refractivity contribution < 1.29 is 22.5 Å². The van der Waals surface area contributed by atoms with E-state index in [2.05, 4.69) is 21.2 Å². The first-order valence-electron chi connectivity index (χ1n) is 5.76. The molecule has 2 aromatic rings. The predicted octanol–water partition coefficient (Wildman–Crippen LogP) is 5.26. The molecule has 2 aromatic carbocycles. The number of benzene rings is 2. The molecule has 0 amide bonds. The molecular weight excluding hydrogens is 372 g/mol. The van der Waals surface area contributed by atoms with Crippen molar-refractivity contribution in [3.63, 3.8) is 0 Å². The van der Waals surface area contributed by atoms with Crippen LogP contribution in [-0.2, 0) is 6.18 Å². The van der Waals surface area contributed by atoms with Gasteiger partial charge in [0.15, 0.2) is 0 Å². The number of rotatable bonds is 3. The van der Waals surface area contributed by atoms with E-state index in [1.807, 2.05) is 0 Å². The van der Waals surface area contributed by atoms with E-state index in [9.17, 15) is 27.7 Å². The minimum Gasteiger partial charge on any atom is -0.352 e. The van der Waals surface area contributed by atoms with Crippen LogP contribution in [0.2, 0.25) is 0 Å². The van der Waals surface area contributed by atoms with Gasteiger partial charge in [-0.25, -0.2) is 4.39 Å². The Labute approximate surface area is 130 Å². The van der Waals surface area contributed by atoms with Crippen molar-refractivity contribution in [1.82, 2.24) is 0 Å². The highest BCUT2D eigenvalue weighted by Gasteiger charge is 2.31. The molecule has 0 saturated heterocycles. The highest BCUT2D eigenvalue weighted by atomic mass is 79.9. The molecule has 0 aromatic heterocycles. The molecule has 0 unspecified atom stereocenters. The molecule has 0 bridgehead atoms. The van der Waals surface area contributed by atoms with Gasteiger partial charge in [-0.1, -0.05) is 0 Å². The third-order valence-electron chi connectivity index (χ3n) is 2.73. The molecule has 1 N–H and O–H groups in total. The average Bonchev–Trinajstić information content (AvgIpc) is 2.41. The number of nitrogens with zero attached hydrogens (tertiary/aromatic N) is 1. The van der Waals surface area contributed by atoms with Gasteiger partial charge in [0, 0.05) is 16.6 Å². The number of nitro benzene ring substituents is 1. The summed E-state index contributed by atoms with van der Waals surface area (Å²) < 4.78 is 51.4. The van der Waals surface area contributed by atoms with E-state index < -0.39 is 22.5 Å². The van der Waals surface area contributed by atoms with Gasteiger partial charge < -0.3 is 5.32 Å². The summed E-state index contributed by atoms with van der Waals surface area (Å²) >= 11 is 3.07. The smallest absolute Gasteiger partial charge is 0.352 e. The molecule has 0 radical (unpaired) electrons. The Morgan fingerprint density at radius 1 is 1.09 bits per heavy atom.